The molecule has 0 unspecified atom stereocenters. The van der Waals surface area contributed by atoms with E-state index in [0.29, 0.717) is 17.9 Å². The summed E-state index contributed by atoms with van der Waals surface area (Å²) in [6, 6.07) is 3.06. The van der Waals surface area contributed by atoms with E-state index in [1.54, 1.807) is 37.8 Å². The third-order valence-corrected chi connectivity index (χ3v) is 3.81. The van der Waals surface area contributed by atoms with Crippen molar-refractivity contribution in [3.8, 4) is 17.6 Å². The number of hydrogen-bond donors (Lipinski definition) is 1. The Bertz CT molecular complexity index is 927. The van der Waals surface area contributed by atoms with Crippen LogP contribution in [0.4, 0.5) is 9.18 Å². The number of alkyl carbamates (subject to hydrolysis) is 1. The highest BCUT2D eigenvalue weighted by Gasteiger charge is 2.24. The first-order valence-corrected chi connectivity index (χ1v) is 8.76. The van der Waals surface area contributed by atoms with Gasteiger partial charge in [-0.15, -0.1) is 0 Å². The number of rotatable bonds is 4. The van der Waals surface area contributed by atoms with Gasteiger partial charge >= 0.3 is 6.09 Å². The van der Waals surface area contributed by atoms with Gasteiger partial charge in [-0.3, -0.25) is 4.68 Å². The van der Waals surface area contributed by atoms with Crippen molar-refractivity contribution in [2.45, 2.75) is 39.5 Å². The van der Waals surface area contributed by atoms with Gasteiger partial charge < -0.3 is 19.5 Å². The number of nitrogens with zero attached hydrogens (tertiary/aromatic N) is 3. The fourth-order valence-corrected chi connectivity index (χ4v) is 2.71. The van der Waals surface area contributed by atoms with Crippen molar-refractivity contribution in [1.29, 1.82) is 5.26 Å². The molecule has 0 fully saturated rings. The first-order chi connectivity index (χ1) is 13.3. The van der Waals surface area contributed by atoms with Gasteiger partial charge in [0.25, 0.3) is 0 Å². The average molecular weight is 388 g/mol. The summed E-state index contributed by atoms with van der Waals surface area (Å²) < 4.78 is 32.0. The fourth-order valence-electron chi connectivity index (χ4n) is 2.71. The molecular formula is C19H21FN4O4. The summed E-state index contributed by atoms with van der Waals surface area (Å²) in [6.45, 7) is 6.40. The van der Waals surface area contributed by atoms with Gasteiger partial charge in [0.15, 0.2) is 11.5 Å². The van der Waals surface area contributed by atoms with Crippen LogP contribution in [0, 0.1) is 17.1 Å². The van der Waals surface area contributed by atoms with E-state index in [9.17, 15) is 9.18 Å². The van der Waals surface area contributed by atoms with E-state index in [1.807, 2.05) is 6.07 Å². The number of nitriles is 1. The predicted molar refractivity (Wildman–Crippen MR) is 96.5 cm³/mol. The predicted octanol–water partition coefficient (Wildman–Crippen LogP) is 2.74. The van der Waals surface area contributed by atoms with Crippen molar-refractivity contribution in [1.82, 2.24) is 15.1 Å². The second-order valence-electron chi connectivity index (χ2n) is 7.26. The highest BCUT2D eigenvalue weighted by molar-refractivity contribution is 5.67. The van der Waals surface area contributed by atoms with E-state index >= 15 is 0 Å². The number of amides is 1. The lowest BCUT2D eigenvalue weighted by atomic mass is 10.1. The van der Waals surface area contributed by atoms with Crippen LogP contribution in [0.15, 0.2) is 18.5 Å². The van der Waals surface area contributed by atoms with E-state index < -0.39 is 17.5 Å². The van der Waals surface area contributed by atoms with Crippen molar-refractivity contribution >= 4 is 6.09 Å². The van der Waals surface area contributed by atoms with Gasteiger partial charge in [0, 0.05) is 23.9 Å². The third-order valence-electron chi connectivity index (χ3n) is 3.81. The molecule has 2 aromatic rings. The van der Waals surface area contributed by atoms with Crippen molar-refractivity contribution in [2.24, 2.45) is 0 Å². The molecule has 0 aliphatic carbocycles. The summed E-state index contributed by atoms with van der Waals surface area (Å²) in [7, 11) is 0. The topological polar surface area (TPSA) is 98.4 Å². The van der Waals surface area contributed by atoms with Crippen molar-refractivity contribution < 1.29 is 23.4 Å². The molecule has 148 valence electrons. The molecule has 28 heavy (non-hydrogen) atoms. The lowest BCUT2D eigenvalue weighted by Gasteiger charge is -2.22. The van der Waals surface area contributed by atoms with Gasteiger partial charge in [0.1, 0.15) is 36.3 Å². The number of hydrogen-bond acceptors (Lipinski definition) is 6. The molecule has 1 aliphatic rings. The number of halogens is 1. The Hall–Kier alpha value is -3.28. The summed E-state index contributed by atoms with van der Waals surface area (Å²) in [5, 5.41) is 16.0. The Kier molecular flexibility index (Phi) is 5.40. The summed E-state index contributed by atoms with van der Waals surface area (Å²) >= 11 is 0. The second-order valence-corrected chi connectivity index (χ2v) is 7.26. The zero-order valence-corrected chi connectivity index (χ0v) is 15.9. The molecule has 1 amide bonds. The van der Waals surface area contributed by atoms with E-state index in [1.165, 1.54) is 6.07 Å². The summed E-state index contributed by atoms with van der Waals surface area (Å²) in [6.07, 6.45) is 2.80. The van der Waals surface area contributed by atoms with Crippen LogP contribution in [0.2, 0.25) is 0 Å². The Morgan fingerprint density at radius 2 is 2.11 bits per heavy atom. The normalized spacial score (nSPS) is 13.0. The van der Waals surface area contributed by atoms with E-state index in [0.717, 1.165) is 5.56 Å². The minimum atomic E-state index is -0.666. The Balaban J connectivity index is 1.71. The molecule has 0 saturated heterocycles. The molecule has 1 aromatic carbocycles. The Morgan fingerprint density at radius 3 is 2.79 bits per heavy atom. The zero-order chi connectivity index (χ0) is 20.3. The van der Waals surface area contributed by atoms with Gasteiger partial charge in [-0.25, -0.2) is 9.18 Å². The fraction of sp³-hybridized carbons (Fsp3) is 0.421. The summed E-state index contributed by atoms with van der Waals surface area (Å²) in [4.78, 5) is 11.7. The molecule has 0 spiro atoms. The highest BCUT2D eigenvalue weighted by Crippen LogP contribution is 2.39. The van der Waals surface area contributed by atoms with Crippen LogP contribution in [-0.2, 0) is 17.8 Å². The Labute approximate surface area is 161 Å². The maximum Gasteiger partial charge on any atom is 0.407 e. The largest absolute Gasteiger partial charge is 0.486 e. The monoisotopic (exact) mass is 388 g/mol. The third kappa shape index (κ3) is 4.52. The highest BCUT2D eigenvalue weighted by atomic mass is 19.1. The molecule has 8 nitrogen and oxygen atoms in total. The van der Waals surface area contributed by atoms with Crippen molar-refractivity contribution in [2.75, 3.05) is 13.2 Å². The molecule has 0 atom stereocenters. The maximum atomic E-state index is 14.2. The van der Waals surface area contributed by atoms with Gasteiger partial charge in [-0.05, 0) is 26.8 Å². The molecule has 0 radical (unpaired) electrons. The lowest BCUT2D eigenvalue weighted by Crippen LogP contribution is -2.32. The minimum Gasteiger partial charge on any atom is -0.486 e. The molecule has 1 aromatic heterocycles. The number of benzene rings is 1. The number of ether oxygens (including phenoxy) is 3. The van der Waals surface area contributed by atoms with Crippen LogP contribution in [-0.4, -0.2) is 34.7 Å². The smallest absolute Gasteiger partial charge is 0.407 e. The van der Waals surface area contributed by atoms with Crippen molar-refractivity contribution in [3.05, 3.63) is 41.0 Å². The van der Waals surface area contributed by atoms with Gasteiger partial charge in [0.05, 0.1) is 12.7 Å². The van der Waals surface area contributed by atoms with Crippen LogP contribution in [0.1, 0.15) is 37.5 Å². The second kappa shape index (κ2) is 7.76. The molecule has 1 N–H and O–H groups in total. The van der Waals surface area contributed by atoms with E-state index in [2.05, 4.69) is 10.4 Å². The average Bonchev–Trinajstić information content (AvgIpc) is 3.06. The van der Waals surface area contributed by atoms with Crippen LogP contribution in [0.3, 0.4) is 0 Å². The van der Waals surface area contributed by atoms with Crippen LogP contribution in [0.5, 0.6) is 11.5 Å². The first kappa shape index (κ1) is 19.5. The quantitative estimate of drug-likeness (QED) is 0.865. The molecule has 1 aliphatic heterocycles. The molecule has 2 heterocycles. The van der Waals surface area contributed by atoms with Crippen LogP contribution in [0.25, 0.3) is 0 Å². The number of aromatic nitrogens is 2. The number of carbonyl (C=O) groups is 1. The molecule has 0 bridgehead atoms. The summed E-state index contributed by atoms with van der Waals surface area (Å²) in [5.74, 6) is -0.184. The van der Waals surface area contributed by atoms with Gasteiger partial charge in [-0.1, -0.05) is 0 Å². The number of fused-ring (bicyclic) bond motifs is 1. The van der Waals surface area contributed by atoms with Crippen molar-refractivity contribution in [3.63, 3.8) is 0 Å². The number of carbonyl (C=O) groups excluding carboxylic acids is 1. The molecular weight excluding hydrogens is 367 g/mol. The van der Waals surface area contributed by atoms with E-state index in [-0.39, 0.29) is 31.0 Å². The molecule has 3 rings (SSSR count). The molecule has 9 heteroatoms. The van der Waals surface area contributed by atoms with Gasteiger partial charge in [-0.2, -0.15) is 10.4 Å². The Morgan fingerprint density at radius 1 is 1.39 bits per heavy atom. The minimum absolute atomic E-state index is 0.128. The van der Waals surface area contributed by atoms with Gasteiger partial charge in [0.2, 0.25) is 0 Å². The number of nitrogens with one attached hydrogen (secondary N) is 1. The maximum absolute atomic E-state index is 14.2. The summed E-state index contributed by atoms with van der Waals surface area (Å²) in [5.41, 5.74) is 0.530. The van der Waals surface area contributed by atoms with Crippen LogP contribution < -0.4 is 14.8 Å². The SMILES string of the molecule is CC(C)(C)OC(=O)NCc1cnn(Cc2cc(F)c(C#N)c3c2OCCO3)c1. The molecule has 0 saturated carbocycles. The van der Waals surface area contributed by atoms with Crippen LogP contribution >= 0.6 is 0 Å². The van der Waals surface area contributed by atoms with E-state index in [4.69, 9.17) is 19.5 Å². The lowest BCUT2D eigenvalue weighted by molar-refractivity contribution is 0.0523. The standard InChI is InChI=1S/C19H21FN4O4/c1-19(2,3)28-18(25)22-8-12-9-23-24(10-12)11-13-6-15(20)14(7-21)17-16(13)26-4-5-27-17/h6,9-10H,4-5,8,11H2,1-3H3,(H,22,25). The first-order valence-electron chi connectivity index (χ1n) is 8.76. The zero-order valence-electron chi connectivity index (χ0n) is 15.9.